The van der Waals surface area contributed by atoms with E-state index in [9.17, 15) is 14.7 Å². The van der Waals surface area contributed by atoms with Gasteiger partial charge in [-0.15, -0.1) is 0 Å². The number of carboxylic acid groups (broad SMARTS) is 1. The molecule has 0 atom stereocenters. The van der Waals surface area contributed by atoms with Gasteiger partial charge in [0.25, 0.3) is 0 Å². The molecule has 2 aliphatic heterocycles. The van der Waals surface area contributed by atoms with Gasteiger partial charge >= 0.3 is 63.3 Å². The van der Waals surface area contributed by atoms with E-state index in [1.807, 2.05) is 38.2 Å². The molecule has 55 heavy (non-hydrogen) atoms. The number of benzene rings is 2. The van der Waals surface area contributed by atoms with Gasteiger partial charge in [0.15, 0.2) is 11.4 Å². The van der Waals surface area contributed by atoms with Crippen LogP contribution in [0.3, 0.4) is 0 Å². The zero-order valence-electron chi connectivity index (χ0n) is 35.4. The number of rotatable bonds is 8. The molecule has 0 amide bonds. The SMILES string of the molecule is Cc1cc2c(cc1CC(C)C)-n1c(-c3ccsc3)nc(C(=O)O)c1CC2.[2H]C([2H])([2H])OC(=O)c1nc(-c2ccsc2)n2c1CCc1cc(C)c(CC(C)C)cc1-2.[K+].[OH-]. The van der Waals surface area contributed by atoms with Crippen molar-refractivity contribution in [3.05, 3.63) is 114 Å². The first-order chi connectivity index (χ1) is 26.6. The van der Waals surface area contributed by atoms with Crippen LogP contribution in [-0.4, -0.2) is 48.7 Å². The first-order valence-electron chi connectivity index (χ1n) is 19.6. The molecule has 6 heterocycles. The van der Waals surface area contributed by atoms with Crippen LogP contribution in [0.1, 0.15) is 97.6 Å². The zero-order valence-corrected chi connectivity index (χ0v) is 37.2. The van der Waals surface area contributed by atoms with E-state index in [0.29, 0.717) is 36.2 Å². The molecule has 0 aliphatic carbocycles. The van der Waals surface area contributed by atoms with Crippen LogP contribution in [0.2, 0.25) is 0 Å². The van der Waals surface area contributed by atoms with Crippen LogP contribution in [0.25, 0.3) is 34.2 Å². The summed E-state index contributed by atoms with van der Waals surface area (Å²) in [7, 11) is -2.80. The van der Waals surface area contributed by atoms with E-state index >= 15 is 0 Å². The van der Waals surface area contributed by atoms with Gasteiger partial charge in [-0.3, -0.25) is 9.13 Å². The van der Waals surface area contributed by atoms with E-state index in [2.05, 4.69) is 80.3 Å². The Bertz CT molecular complexity index is 2430. The van der Waals surface area contributed by atoms with Gasteiger partial charge in [0.1, 0.15) is 11.6 Å². The van der Waals surface area contributed by atoms with E-state index in [0.717, 1.165) is 59.7 Å². The summed E-state index contributed by atoms with van der Waals surface area (Å²) in [5.74, 6) is 0.617. The molecule has 2 aromatic carbocycles. The minimum absolute atomic E-state index is 0. The fourth-order valence-electron chi connectivity index (χ4n) is 7.68. The summed E-state index contributed by atoms with van der Waals surface area (Å²) in [5, 5.41) is 17.6. The van der Waals surface area contributed by atoms with Crippen LogP contribution in [0.5, 0.6) is 0 Å². The van der Waals surface area contributed by atoms with Gasteiger partial charge in [-0.25, -0.2) is 19.6 Å². The van der Waals surface area contributed by atoms with Gasteiger partial charge < -0.3 is 15.3 Å². The largest absolute Gasteiger partial charge is 1.00 e. The number of thiophene rings is 2. The molecule has 282 valence electrons. The van der Waals surface area contributed by atoms with E-state index in [4.69, 9.17) is 8.85 Å². The van der Waals surface area contributed by atoms with E-state index in [-0.39, 0.29) is 68.2 Å². The number of imidazole rings is 2. The minimum atomic E-state index is -2.80. The van der Waals surface area contributed by atoms with Crippen molar-refractivity contribution in [2.24, 2.45) is 11.8 Å². The van der Waals surface area contributed by atoms with Crippen molar-refractivity contribution >= 4 is 34.6 Å². The summed E-state index contributed by atoms with van der Waals surface area (Å²) in [4.78, 5) is 33.5. The van der Waals surface area contributed by atoms with Crippen LogP contribution in [0, 0.1) is 25.7 Å². The number of hydrogen-bond donors (Lipinski definition) is 1. The second-order valence-corrected chi connectivity index (χ2v) is 16.4. The summed E-state index contributed by atoms with van der Waals surface area (Å²) in [6.45, 7) is 13.1. The third kappa shape index (κ3) is 8.57. The average Bonchev–Trinajstić information content (AvgIpc) is 3.94. The maximum absolute atomic E-state index is 12.6. The zero-order chi connectivity index (χ0) is 40.1. The van der Waals surface area contributed by atoms with Gasteiger partial charge in [-0.1, -0.05) is 39.8 Å². The molecular formula is C43H47KN4O5S2. The predicted octanol–water partition coefficient (Wildman–Crippen LogP) is 6.72. The molecule has 0 bridgehead atoms. The number of nitrogens with zero attached hydrogens (tertiary/aromatic N) is 4. The standard InChI is InChI=1S/C22H24N2O2S.C21H22N2O2S.K.H2O/c1-13(2)9-17-11-19-15(10-14(17)3)5-6-18-20(22(25)26-4)23-21(24(18)19)16-7-8-27-12-16;1-12(2)8-16-10-18-14(9-13(16)3)4-5-17-19(21(24)25)22-20(23(17)18)15-6-7-26-11-15;;/h7-8,10-13H,5-6,9H2,1-4H3;6-7,9-12H,4-5,8H2,1-3H3,(H,24,25);;1H2/q;;+1;/p-1/i4D3;;;. The number of fused-ring (bicyclic) bond motifs is 6. The van der Waals surface area contributed by atoms with Crippen molar-refractivity contribution < 1.29 is 80.4 Å². The van der Waals surface area contributed by atoms with E-state index in [1.165, 1.54) is 33.4 Å². The molecule has 0 fully saturated rings. The Balaban J connectivity index is 0.000000215. The van der Waals surface area contributed by atoms with Crippen molar-refractivity contribution in [2.45, 2.75) is 80.1 Å². The normalized spacial score (nSPS) is 13.4. The molecule has 8 rings (SSSR count). The monoisotopic (exact) mass is 805 g/mol. The molecule has 2 aliphatic rings. The summed E-state index contributed by atoms with van der Waals surface area (Å²) in [6.07, 6.45) is 4.90. The summed E-state index contributed by atoms with van der Waals surface area (Å²) < 4.78 is 30.7. The van der Waals surface area contributed by atoms with Crippen molar-refractivity contribution in [3.8, 4) is 34.2 Å². The van der Waals surface area contributed by atoms with Gasteiger partial charge in [-0.2, -0.15) is 22.7 Å². The molecule has 4 aromatic heterocycles. The minimum Gasteiger partial charge on any atom is -0.870 e. The Labute approximate surface area is 377 Å². The number of ether oxygens (including phenoxy) is 1. The Morgan fingerprint density at radius 3 is 1.64 bits per heavy atom. The van der Waals surface area contributed by atoms with Crippen LogP contribution in [-0.2, 0) is 43.3 Å². The molecule has 0 radical (unpaired) electrons. The molecule has 2 N–H and O–H groups in total. The summed E-state index contributed by atoms with van der Waals surface area (Å²) >= 11 is 3.15. The third-order valence-corrected chi connectivity index (χ3v) is 11.4. The Hall–Kier alpha value is -3.20. The Kier molecular flexibility index (Phi) is 12.6. The van der Waals surface area contributed by atoms with E-state index < -0.39 is 19.0 Å². The number of esters is 1. The van der Waals surface area contributed by atoms with E-state index in [1.54, 1.807) is 22.7 Å². The number of methoxy groups -OCH3 is 1. The fourth-order valence-corrected chi connectivity index (χ4v) is 8.95. The van der Waals surface area contributed by atoms with Crippen molar-refractivity contribution in [3.63, 3.8) is 0 Å². The van der Waals surface area contributed by atoms with Gasteiger partial charge in [0, 0.05) is 21.9 Å². The van der Waals surface area contributed by atoms with Crippen LogP contribution in [0.15, 0.2) is 57.9 Å². The maximum Gasteiger partial charge on any atom is 1.00 e. The number of carbonyl (C=O) groups excluding carboxylic acids is 1. The van der Waals surface area contributed by atoms with Crippen LogP contribution < -0.4 is 51.4 Å². The Morgan fingerprint density at radius 2 is 1.24 bits per heavy atom. The molecule has 0 saturated carbocycles. The van der Waals surface area contributed by atoms with Crippen molar-refractivity contribution in [1.29, 1.82) is 0 Å². The molecule has 0 saturated heterocycles. The number of aromatic carboxylic acids is 1. The molecule has 0 unspecified atom stereocenters. The van der Waals surface area contributed by atoms with Gasteiger partial charge in [-0.05, 0) is 133 Å². The number of carbonyl (C=O) groups is 2. The van der Waals surface area contributed by atoms with Crippen molar-refractivity contribution in [2.75, 3.05) is 7.04 Å². The molecule has 9 nitrogen and oxygen atoms in total. The van der Waals surface area contributed by atoms with Crippen LogP contribution >= 0.6 is 22.7 Å². The molecule has 0 spiro atoms. The number of aryl methyl sites for hydroxylation is 4. The van der Waals surface area contributed by atoms with Crippen molar-refractivity contribution in [1.82, 2.24) is 19.1 Å². The average molecular weight is 806 g/mol. The van der Waals surface area contributed by atoms with Gasteiger partial charge in [0.05, 0.1) is 33.9 Å². The smallest absolute Gasteiger partial charge is 0.870 e. The first-order valence-corrected chi connectivity index (χ1v) is 20.0. The summed E-state index contributed by atoms with van der Waals surface area (Å²) in [5.41, 5.74) is 13.4. The fraction of sp³-hybridized carbons (Fsp3) is 0.349. The second-order valence-electron chi connectivity index (χ2n) is 14.9. The topological polar surface area (TPSA) is 129 Å². The maximum atomic E-state index is 12.6. The first kappa shape index (κ1) is 38.7. The molecule has 12 heteroatoms. The molecular weight excluding hydrogens is 756 g/mol. The predicted molar refractivity (Wildman–Crippen MR) is 215 cm³/mol. The number of carboxylic acids is 1. The van der Waals surface area contributed by atoms with Crippen LogP contribution in [0.4, 0.5) is 0 Å². The quantitative estimate of drug-likeness (QED) is 0.134. The molecule has 6 aromatic rings. The number of aromatic nitrogens is 4. The number of hydrogen-bond acceptors (Lipinski definition) is 8. The Morgan fingerprint density at radius 1 is 0.782 bits per heavy atom. The van der Waals surface area contributed by atoms with Gasteiger partial charge in [0.2, 0.25) is 0 Å². The summed E-state index contributed by atoms with van der Waals surface area (Å²) in [6, 6.07) is 12.9. The third-order valence-electron chi connectivity index (χ3n) is 10.1. The second kappa shape index (κ2) is 17.9.